The van der Waals surface area contributed by atoms with E-state index in [9.17, 15) is 22.4 Å². The minimum atomic E-state index is -3.95. The fourth-order valence-electron chi connectivity index (χ4n) is 3.15. The van der Waals surface area contributed by atoms with Crippen LogP contribution in [0.25, 0.3) is 0 Å². The number of nitrogens with one attached hydrogen (secondary N) is 1. The average Bonchev–Trinajstić information content (AvgIpc) is 2.75. The van der Waals surface area contributed by atoms with E-state index < -0.39 is 34.3 Å². The van der Waals surface area contributed by atoms with Crippen LogP contribution in [0.3, 0.4) is 0 Å². The zero-order valence-corrected chi connectivity index (χ0v) is 19.8. The van der Waals surface area contributed by atoms with Crippen molar-refractivity contribution in [3.05, 3.63) is 64.9 Å². The Morgan fingerprint density at radius 2 is 1.66 bits per heavy atom. The summed E-state index contributed by atoms with van der Waals surface area (Å²) in [6, 6.07) is 10.4. The lowest BCUT2D eigenvalue weighted by molar-refractivity contribution is -0.141. The zero-order chi connectivity index (χ0) is 23.9. The average molecular weight is 484 g/mol. The molecule has 1 unspecified atom stereocenters. The molecule has 1 N–H and O–H groups in total. The molecule has 0 radical (unpaired) electrons. The van der Waals surface area contributed by atoms with Gasteiger partial charge >= 0.3 is 0 Å². The highest BCUT2D eigenvalue weighted by atomic mass is 35.5. The molecule has 2 amide bonds. The van der Waals surface area contributed by atoms with Crippen LogP contribution < -0.4 is 5.32 Å². The molecule has 0 fully saturated rings. The first-order valence-electron chi connectivity index (χ1n) is 10.1. The SMILES string of the molecule is CCNC(=O)C(CC)N(Cc1ccc(F)cc1)C(=O)CN(C)S(=O)(=O)c1ccc(Cl)cc1. The molecular weight excluding hydrogens is 457 g/mol. The molecule has 2 aromatic rings. The van der Waals surface area contributed by atoms with Crippen molar-refractivity contribution in [2.24, 2.45) is 0 Å². The van der Waals surface area contributed by atoms with Gasteiger partial charge in [0.25, 0.3) is 0 Å². The molecule has 7 nitrogen and oxygen atoms in total. The van der Waals surface area contributed by atoms with Crippen molar-refractivity contribution < 1.29 is 22.4 Å². The third kappa shape index (κ3) is 6.51. The van der Waals surface area contributed by atoms with E-state index in [0.29, 0.717) is 23.6 Å². The molecule has 0 spiro atoms. The van der Waals surface area contributed by atoms with E-state index in [-0.39, 0.29) is 17.3 Å². The van der Waals surface area contributed by atoms with Gasteiger partial charge < -0.3 is 10.2 Å². The second-order valence-corrected chi connectivity index (χ2v) is 9.66. The number of hydrogen-bond acceptors (Lipinski definition) is 4. The summed E-state index contributed by atoms with van der Waals surface area (Å²) in [5.41, 5.74) is 0.616. The minimum Gasteiger partial charge on any atom is -0.355 e. The summed E-state index contributed by atoms with van der Waals surface area (Å²) in [5, 5.41) is 3.09. The number of likely N-dealkylation sites (N-methyl/N-ethyl adjacent to an activating group) is 2. The Labute approximate surface area is 193 Å². The van der Waals surface area contributed by atoms with Crippen LogP contribution in [-0.4, -0.2) is 55.6 Å². The molecule has 0 aliphatic heterocycles. The molecule has 0 heterocycles. The van der Waals surface area contributed by atoms with Crippen molar-refractivity contribution in [2.75, 3.05) is 20.1 Å². The van der Waals surface area contributed by atoms with Crippen LogP contribution in [0, 0.1) is 5.82 Å². The summed E-state index contributed by atoms with van der Waals surface area (Å²) >= 11 is 5.83. The Bertz CT molecular complexity index is 1030. The molecule has 0 aromatic heterocycles. The van der Waals surface area contributed by atoms with Crippen LogP contribution in [0.2, 0.25) is 5.02 Å². The molecule has 0 bridgehead atoms. The highest BCUT2D eigenvalue weighted by Crippen LogP contribution is 2.19. The molecule has 174 valence electrons. The number of amides is 2. The van der Waals surface area contributed by atoms with Crippen molar-refractivity contribution in [1.82, 2.24) is 14.5 Å². The first-order valence-corrected chi connectivity index (χ1v) is 12.0. The summed E-state index contributed by atoms with van der Waals surface area (Å²) in [4.78, 5) is 27.1. The topological polar surface area (TPSA) is 86.8 Å². The predicted octanol–water partition coefficient (Wildman–Crippen LogP) is 3.04. The Kier molecular flexibility index (Phi) is 9.18. The van der Waals surface area contributed by atoms with Crippen LogP contribution in [0.1, 0.15) is 25.8 Å². The van der Waals surface area contributed by atoms with Gasteiger partial charge in [0.1, 0.15) is 11.9 Å². The maximum atomic E-state index is 13.3. The summed E-state index contributed by atoms with van der Waals surface area (Å²) in [5.74, 6) is -1.31. The number of nitrogens with zero attached hydrogens (tertiary/aromatic N) is 2. The summed E-state index contributed by atoms with van der Waals surface area (Å²) in [7, 11) is -2.65. The molecule has 0 aliphatic rings. The van der Waals surface area contributed by atoms with Gasteiger partial charge in [-0.1, -0.05) is 30.7 Å². The fraction of sp³-hybridized carbons (Fsp3) is 0.364. The van der Waals surface area contributed by atoms with E-state index in [0.717, 1.165) is 4.31 Å². The summed E-state index contributed by atoms with van der Waals surface area (Å²) < 4.78 is 40.0. The second-order valence-electron chi connectivity index (χ2n) is 7.18. The highest BCUT2D eigenvalue weighted by molar-refractivity contribution is 7.89. The highest BCUT2D eigenvalue weighted by Gasteiger charge is 2.31. The first kappa shape index (κ1) is 25.8. The van der Waals surface area contributed by atoms with E-state index in [1.165, 1.54) is 60.5 Å². The summed E-state index contributed by atoms with van der Waals surface area (Å²) in [6.45, 7) is 3.48. The van der Waals surface area contributed by atoms with Crippen LogP contribution in [0.4, 0.5) is 4.39 Å². The number of halogens is 2. The predicted molar refractivity (Wildman–Crippen MR) is 121 cm³/mol. The van der Waals surface area contributed by atoms with E-state index in [4.69, 9.17) is 11.6 Å². The Hall–Kier alpha value is -2.49. The molecule has 32 heavy (non-hydrogen) atoms. The van der Waals surface area contributed by atoms with Gasteiger partial charge in [-0.25, -0.2) is 12.8 Å². The number of carbonyl (C=O) groups excluding carboxylic acids is 2. The zero-order valence-electron chi connectivity index (χ0n) is 18.2. The molecule has 0 saturated carbocycles. The van der Waals surface area contributed by atoms with Crippen molar-refractivity contribution in [1.29, 1.82) is 0 Å². The van der Waals surface area contributed by atoms with Gasteiger partial charge in [0.05, 0.1) is 11.4 Å². The number of carbonyl (C=O) groups is 2. The Morgan fingerprint density at radius 3 is 2.19 bits per heavy atom. The number of benzene rings is 2. The van der Waals surface area contributed by atoms with Gasteiger partial charge in [0.2, 0.25) is 21.8 Å². The Balaban J connectivity index is 2.30. The van der Waals surface area contributed by atoms with Gasteiger partial charge in [-0.3, -0.25) is 9.59 Å². The molecule has 1 atom stereocenters. The lowest BCUT2D eigenvalue weighted by atomic mass is 10.1. The number of rotatable bonds is 10. The number of sulfonamides is 1. The number of hydrogen-bond donors (Lipinski definition) is 1. The molecule has 10 heteroatoms. The summed E-state index contributed by atoms with van der Waals surface area (Å²) in [6.07, 6.45) is 0.326. The van der Waals surface area contributed by atoms with Crippen molar-refractivity contribution in [3.63, 3.8) is 0 Å². The van der Waals surface area contributed by atoms with Gasteiger partial charge in [-0.05, 0) is 55.3 Å². The maximum absolute atomic E-state index is 13.3. The van der Waals surface area contributed by atoms with Crippen LogP contribution >= 0.6 is 11.6 Å². The first-order chi connectivity index (χ1) is 15.1. The third-order valence-corrected chi connectivity index (χ3v) is 6.95. The molecule has 0 saturated heterocycles. The van der Waals surface area contributed by atoms with Crippen LogP contribution in [0.5, 0.6) is 0 Å². The fourth-order valence-corrected chi connectivity index (χ4v) is 4.40. The molecule has 0 aliphatic carbocycles. The van der Waals surface area contributed by atoms with Crippen LogP contribution in [0.15, 0.2) is 53.4 Å². The van der Waals surface area contributed by atoms with Gasteiger partial charge in [-0.15, -0.1) is 0 Å². The molecule has 2 rings (SSSR count). The lowest BCUT2D eigenvalue weighted by Crippen LogP contribution is -2.51. The van der Waals surface area contributed by atoms with Gasteiger partial charge in [0.15, 0.2) is 0 Å². The third-order valence-electron chi connectivity index (χ3n) is 4.88. The lowest BCUT2D eigenvalue weighted by Gasteiger charge is -2.31. The van der Waals surface area contributed by atoms with Gasteiger partial charge in [-0.2, -0.15) is 4.31 Å². The van der Waals surface area contributed by atoms with Crippen LogP contribution in [-0.2, 0) is 26.2 Å². The smallest absolute Gasteiger partial charge is 0.243 e. The van der Waals surface area contributed by atoms with E-state index in [1.807, 2.05) is 0 Å². The van der Waals surface area contributed by atoms with Crippen molar-refractivity contribution in [2.45, 2.75) is 37.8 Å². The van der Waals surface area contributed by atoms with E-state index >= 15 is 0 Å². The van der Waals surface area contributed by atoms with E-state index in [1.54, 1.807) is 13.8 Å². The second kappa shape index (κ2) is 11.4. The Morgan fingerprint density at radius 1 is 1.06 bits per heavy atom. The monoisotopic (exact) mass is 483 g/mol. The minimum absolute atomic E-state index is 0.00180. The quantitative estimate of drug-likeness (QED) is 0.562. The van der Waals surface area contributed by atoms with E-state index in [2.05, 4.69) is 5.32 Å². The molecule has 2 aromatic carbocycles. The molecular formula is C22H27ClFN3O4S. The normalized spacial score (nSPS) is 12.4. The standard InChI is InChI=1S/C22H27ClFN3O4S/c1-4-20(22(29)25-5-2)27(14-16-6-10-18(24)11-7-16)21(28)15-26(3)32(30,31)19-12-8-17(23)9-13-19/h6-13,20H,4-5,14-15H2,1-3H3,(H,25,29). The van der Waals surface area contributed by atoms with Crippen molar-refractivity contribution >= 4 is 33.4 Å². The maximum Gasteiger partial charge on any atom is 0.243 e. The van der Waals surface area contributed by atoms with Gasteiger partial charge in [0, 0.05) is 25.2 Å². The van der Waals surface area contributed by atoms with Crippen molar-refractivity contribution in [3.8, 4) is 0 Å². The largest absolute Gasteiger partial charge is 0.355 e.